The van der Waals surface area contributed by atoms with E-state index in [1.807, 2.05) is 0 Å². The van der Waals surface area contributed by atoms with Crippen molar-refractivity contribution in [1.82, 2.24) is 15.2 Å². The molecule has 0 aromatic carbocycles. The summed E-state index contributed by atoms with van der Waals surface area (Å²) in [6.45, 7) is -0.00641. The number of hydrogen-bond acceptors (Lipinski definition) is 4. The average molecular weight is 289 g/mol. The van der Waals surface area contributed by atoms with Crippen LogP contribution >= 0.6 is 0 Å². The van der Waals surface area contributed by atoms with Crippen LogP contribution in [0.25, 0.3) is 0 Å². The highest BCUT2D eigenvalue weighted by atomic mass is 16.4. The summed E-state index contributed by atoms with van der Waals surface area (Å²) < 4.78 is 0. The van der Waals surface area contributed by atoms with Gasteiger partial charge in [-0.2, -0.15) is 0 Å². The van der Waals surface area contributed by atoms with Gasteiger partial charge in [-0.1, -0.05) is 18.9 Å². The lowest BCUT2D eigenvalue weighted by atomic mass is 9.98. The summed E-state index contributed by atoms with van der Waals surface area (Å²) in [5.74, 6) is -1.37. The lowest BCUT2D eigenvalue weighted by Gasteiger charge is -2.19. The summed E-state index contributed by atoms with van der Waals surface area (Å²) in [5.41, 5.74) is -0.467. The number of carboxylic acids is 1. The lowest BCUT2D eigenvalue weighted by molar-refractivity contribution is -0.131. The molecule has 1 spiro atoms. The maximum atomic E-state index is 12.5. The van der Waals surface area contributed by atoms with E-state index >= 15 is 0 Å². The normalized spacial score (nSPS) is 20.1. The molecule has 110 valence electrons. The highest BCUT2D eigenvalue weighted by Gasteiger charge is 2.52. The van der Waals surface area contributed by atoms with Gasteiger partial charge in [-0.05, 0) is 25.0 Å². The second kappa shape index (κ2) is 4.83. The van der Waals surface area contributed by atoms with Crippen LogP contribution in [-0.4, -0.2) is 38.4 Å². The largest absolute Gasteiger partial charge is 0.477 e. The molecule has 1 aromatic heterocycles. The third kappa shape index (κ3) is 2.24. The number of hydrogen-bond donors (Lipinski definition) is 2. The molecule has 0 unspecified atom stereocenters. The number of carboxylic acid groups (broad SMARTS) is 1. The fourth-order valence-corrected chi connectivity index (χ4v) is 2.99. The van der Waals surface area contributed by atoms with E-state index in [0.29, 0.717) is 18.5 Å². The predicted molar refractivity (Wildman–Crippen MR) is 71.5 cm³/mol. The fourth-order valence-electron chi connectivity index (χ4n) is 2.99. The number of aromatic carboxylic acids is 1. The van der Waals surface area contributed by atoms with Crippen LogP contribution in [0, 0.1) is 0 Å². The highest BCUT2D eigenvalue weighted by Crippen LogP contribution is 2.35. The van der Waals surface area contributed by atoms with Crippen LogP contribution in [0.4, 0.5) is 4.79 Å². The minimum Gasteiger partial charge on any atom is -0.477 e. The van der Waals surface area contributed by atoms with Crippen LogP contribution in [0.5, 0.6) is 0 Å². The quantitative estimate of drug-likeness (QED) is 0.813. The summed E-state index contributed by atoms with van der Waals surface area (Å²) in [7, 11) is 0. The highest BCUT2D eigenvalue weighted by molar-refractivity contribution is 6.07. The van der Waals surface area contributed by atoms with E-state index < -0.39 is 17.5 Å². The van der Waals surface area contributed by atoms with Gasteiger partial charge >= 0.3 is 12.0 Å². The van der Waals surface area contributed by atoms with Gasteiger partial charge in [0.05, 0.1) is 12.2 Å². The van der Waals surface area contributed by atoms with Gasteiger partial charge in [0, 0.05) is 0 Å². The molecule has 0 bridgehead atoms. The van der Waals surface area contributed by atoms with Crippen LogP contribution in [0.2, 0.25) is 0 Å². The van der Waals surface area contributed by atoms with E-state index in [2.05, 4.69) is 10.3 Å². The van der Waals surface area contributed by atoms with E-state index in [9.17, 15) is 14.4 Å². The van der Waals surface area contributed by atoms with Gasteiger partial charge in [-0.3, -0.25) is 9.69 Å². The van der Waals surface area contributed by atoms with Gasteiger partial charge in [0.25, 0.3) is 5.91 Å². The number of nitrogens with zero attached hydrogens (tertiary/aromatic N) is 2. The second-order valence-corrected chi connectivity index (χ2v) is 5.43. The maximum absolute atomic E-state index is 12.5. The van der Waals surface area contributed by atoms with E-state index in [0.717, 1.165) is 17.7 Å². The SMILES string of the molecule is O=C(O)c1cccc(CN2C(=O)NC3(CCCC3)C2=O)n1. The van der Waals surface area contributed by atoms with Gasteiger partial charge in [-0.25, -0.2) is 14.6 Å². The number of pyridine rings is 1. The topological polar surface area (TPSA) is 99.6 Å². The standard InChI is InChI=1S/C14H15N3O4/c18-11(19)10-5-3-4-9(15-10)8-17-12(20)14(16-13(17)21)6-1-2-7-14/h3-5H,1-2,6-8H2,(H,16,21)(H,18,19). The average Bonchev–Trinajstić information content (AvgIpc) is 3.01. The van der Waals surface area contributed by atoms with Crippen molar-refractivity contribution >= 4 is 17.9 Å². The van der Waals surface area contributed by atoms with Gasteiger partial charge in [-0.15, -0.1) is 0 Å². The van der Waals surface area contributed by atoms with Gasteiger partial charge < -0.3 is 10.4 Å². The molecule has 2 fully saturated rings. The molecule has 3 amide bonds. The minimum absolute atomic E-state index is 0.00641. The number of carbonyl (C=O) groups excluding carboxylic acids is 2. The lowest BCUT2D eigenvalue weighted by Crippen LogP contribution is -2.44. The molecule has 21 heavy (non-hydrogen) atoms. The molecule has 7 heteroatoms. The van der Waals surface area contributed by atoms with Crippen molar-refractivity contribution in [2.75, 3.05) is 0 Å². The smallest absolute Gasteiger partial charge is 0.354 e. The predicted octanol–water partition coefficient (Wildman–Crippen LogP) is 1.14. The zero-order chi connectivity index (χ0) is 15.0. The third-order valence-corrected chi connectivity index (χ3v) is 4.05. The zero-order valence-electron chi connectivity index (χ0n) is 11.3. The Balaban J connectivity index is 1.82. The number of amides is 3. The summed E-state index contributed by atoms with van der Waals surface area (Å²) in [6, 6.07) is 4.10. The number of aromatic nitrogens is 1. The molecular formula is C14H15N3O4. The van der Waals surface area contributed by atoms with E-state index in [1.54, 1.807) is 12.1 Å². The number of carbonyl (C=O) groups is 3. The molecule has 2 N–H and O–H groups in total. The van der Waals surface area contributed by atoms with Crippen molar-refractivity contribution in [3.05, 3.63) is 29.6 Å². The first-order valence-corrected chi connectivity index (χ1v) is 6.85. The molecule has 1 aromatic rings. The third-order valence-electron chi connectivity index (χ3n) is 4.05. The second-order valence-electron chi connectivity index (χ2n) is 5.43. The van der Waals surface area contributed by atoms with Crippen molar-refractivity contribution in [1.29, 1.82) is 0 Å². The Morgan fingerprint density at radius 1 is 1.33 bits per heavy atom. The Hall–Kier alpha value is -2.44. The number of rotatable bonds is 3. The molecule has 3 rings (SSSR count). The number of urea groups is 1. The van der Waals surface area contributed by atoms with Crippen LogP contribution in [0.3, 0.4) is 0 Å². The first-order valence-electron chi connectivity index (χ1n) is 6.85. The molecule has 1 aliphatic heterocycles. The Morgan fingerprint density at radius 2 is 2.05 bits per heavy atom. The molecule has 1 aliphatic carbocycles. The first kappa shape index (κ1) is 13.5. The molecule has 2 aliphatic rings. The maximum Gasteiger partial charge on any atom is 0.354 e. The summed E-state index contributed by atoms with van der Waals surface area (Å²) >= 11 is 0. The monoisotopic (exact) mass is 289 g/mol. The first-order chi connectivity index (χ1) is 10.0. The van der Waals surface area contributed by atoms with Gasteiger partial charge in [0.2, 0.25) is 0 Å². The summed E-state index contributed by atoms with van der Waals surface area (Å²) in [4.78, 5) is 40.5. The van der Waals surface area contributed by atoms with E-state index in [1.165, 1.54) is 6.07 Å². The van der Waals surface area contributed by atoms with Crippen molar-refractivity contribution in [3.63, 3.8) is 0 Å². The van der Waals surface area contributed by atoms with Crippen LogP contribution in [0.15, 0.2) is 18.2 Å². The van der Waals surface area contributed by atoms with Crippen molar-refractivity contribution in [2.24, 2.45) is 0 Å². The number of imide groups is 1. The van der Waals surface area contributed by atoms with Crippen LogP contribution in [-0.2, 0) is 11.3 Å². The van der Waals surface area contributed by atoms with Gasteiger partial charge in [0.15, 0.2) is 0 Å². The molecular weight excluding hydrogens is 274 g/mol. The van der Waals surface area contributed by atoms with Crippen LogP contribution < -0.4 is 5.32 Å². The molecule has 7 nitrogen and oxygen atoms in total. The fraction of sp³-hybridized carbons (Fsp3) is 0.429. The summed E-state index contributed by atoms with van der Waals surface area (Å²) in [5, 5.41) is 11.7. The zero-order valence-corrected chi connectivity index (χ0v) is 11.3. The molecule has 1 saturated carbocycles. The molecule has 0 radical (unpaired) electrons. The Kier molecular flexibility index (Phi) is 3.12. The molecule has 2 heterocycles. The molecule has 1 saturated heterocycles. The van der Waals surface area contributed by atoms with Crippen molar-refractivity contribution in [2.45, 2.75) is 37.8 Å². The van der Waals surface area contributed by atoms with Crippen LogP contribution in [0.1, 0.15) is 41.9 Å². The Bertz CT molecular complexity index is 622. The van der Waals surface area contributed by atoms with E-state index in [4.69, 9.17) is 5.11 Å². The number of nitrogens with one attached hydrogen (secondary N) is 1. The van der Waals surface area contributed by atoms with Crippen molar-refractivity contribution in [3.8, 4) is 0 Å². The minimum atomic E-state index is -1.14. The summed E-state index contributed by atoms with van der Waals surface area (Å²) in [6.07, 6.45) is 3.17. The Morgan fingerprint density at radius 3 is 2.71 bits per heavy atom. The van der Waals surface area contributed by atoms with Gasteiger partial charge in [0.1, 0.15) is 11.2 Å². The van der Waals surface area contributed by atoms with Crippen molar-refractivity contribution < 1.29 is 19.5 Å². The van der Waals surface area contributed by atoms with E-state index in [-0.39, 0.29) is 18.1 Å². The Labute approximate surface area is 121 Å². The molecule has 0 atom stereocenters.